The molecule has 1 aliphatic heterocycles. The Kier molecular flexibility index (Phi) is 52.6. The van der Waals surface area contributed by atoms with Crippen molar-refractivity contribution in [2.24, 2.45) is 0 Å². The number of carbonyl (C=O) groups excluding carboxylic acids is 1. The summed E-state index contributed by atoms with van der Waals surface area (Å²) < 4.78 is 11.3. The first-order chi connectivity index (χ1) is 36.8. The number of rotatable bonds is 56. The summed E-state index contributed by atoms with van der Waals surface area (Å²) in [6.45, 7) is 3.73. The van der Waals surface area contributed by atoms with Gasteiger partial charge >= 0.3 is 0 Å². The normalized spacial score (nSPS) is 19.2. The monoisotopic (exact) mass is 1060 g/mol. The molecule has 7 atom stereocenters. The van der Waals surface area contributed by atoms with Gasteiger partial charge in [-0.1, -0.05) is 300 Å². The van der Waals surface area contributed by atoms with Crippen molar-refractivity contribution in [2.75, 3.05) is 13.2 Å². The molecule has 0 aromatic rings. The molecule has 0 bridgehead atoms. The van der Waals surface area contributed by atoms with Crippen molar-refractivity contribution in [3.63, 3.8) is 0 Å². The molecule has 0 aliphatic carbocycles. The summed E-state index contributed by atoms with van der Waals surface area (Å²) in [5.74, 6) is -0.140. The van der Waals surface area contributed by atoms with Crippen molar-refractivity contribution >= 4 is 5.91 Å². The van der Waals surface area contributed by atoms with Gasteiger partial charge in [0.1, 0.15) is 24.4 Å². The highest BCUT2D eigenvalue weighted by Crippen LogP contribution is 2.23. The van der Waals surface area contributed by atoms with E-state index in [1.165, 1.54) is 218 Å². The van der Waals surface area contributed by atoms with Crippen molar-refractivity contribution in [3.05, 3.63) is 48.6 Å². The van der Waals surface area contributed by atoms with E-state index in [2.05, 4.69) is 67.8 Å². The van der Waals surface area contributed by atoms with E-state index in [0.29, 0.717) is 12.8 Å². The van der Waals surface area contributed by atoms with Gasteiger partial charge in [0.2, 0.25) is 5.91 Å². The number of hydrogen-bond acceptors (Lipinski definition) is 8. The maximum absolute atomic E-state index is 13.1. The van der Waals surface area contributed by atoms with Gasteiger partial charge in [0, 0.05) is 6.42 Å². The smallest absolute Gasteiger partial charge is 0.220 e. The van der Waals surface area contributed by atoms with E-state index in [1.807, 2.05) is 0 Å². The van der Waals surface area contributed by atoms with Gasteiger partial charge in [-0.15, -0.1) is 0 Å². The summed E-state index contributed by atoms with van der Waals surface area (Å²) in [5, 5.41) is 54.6. The molecule has 1 rings (SSSR count). The Bertz CT molecular complexity index is 1320. The van der Waals surface area contributed by atoms with E-state index in [-0.39, 0.29) is 12.5 Å². The van der Waals surface area contributed by atoms with Crippen LogP contribution in [-0.4, -0.2) is 87.5 Å². The summed E-state index contributed by atoms with van der Waals surface area (Å²) in [6, 6.07) is -0.715. The summed E-state index contributed by atoms with van der Waals surface area (Å²) >= 11 is 0. The molecule has 1 aliphatic rings. The zero-order valence-electron chi connectivity index (χ0n) is 49.1. The second-order valence-electron chi connectivity index (χ2n) is 22.5. The first kappa shape index (κ1) is 71.2. The van der Waals surface area contributed by atoms with Crippen LogP contribution in [-0.2, 0) is 14.3 Å². The molecule has 9 heteroatoms. The van der Waals surface area contributed by atoms with E-state index < -0.39 is 49.5 Å². The van der Waals surface area contributed by atoms with Crippen LogP contribution in [0.4, 0.5) is 0 Å². The van der Waals surface area contributed by atoms with Gasteiger partial charge in [-0.3, -0.25) is 4.79 Å². The minimum Gasteiger partial charge on any atom is -0.394 e. The summed E-state index contributed by atoms with van der Waals surface area (Å²) in [7, 11) is 0. The topological polar surface area (TPSA) is 149 Å². The van der Waals surface area contributed by atoms with Gasteiger partial charge in [-0.2, -0.15) is 0 Å². The van der Waals surface area contributed by atoms with Gasteiger partial charge in [0.15, 0.2) is 6.29 Å². The van der Waals surface area contributed by atoms with E-state index in [1.54, 1.807) is 0 Å². The number of aliphatic hydroxyl groups is 5. The molecule has 75 heavy (non-hydrogen) atoms. The van der Waals surface area contributed by atoms with E-state index in [0.717, 1.165) is 64.2 Å². The minimum absolute atomic E-state index is 0.134. The molecule has 0 spiro atoms. The largest absolute Gasteiger partial charge is 0.394 e. The van der Waals surface area contributed by atoms with Gasteiger partial charge in [-0.05, 0) is 51.4 Å². The third-order valence-corrected chi connectivity index (χ3v) is 15.4. The standard InChI is InChI=1S/C66H123NO8/c1-3-5-7-9-11-13-15-16-17-18-19-20-21-22-23-24-25-26-27-28-29-30-31-32-33-34-35-36-37-38-39-40-41-42-43-44-46-48-50-52-54-56-62(70)67-59(58-74-66-65(73)64(72)63(71)61(57-68)75-66)60(69)55-53-51-49-47-45-14-12-10-8-6-4-2/h5,7,11,13,16-17,19-20,59-61,63-66,68-69,71-73H,3-4,6,8-10,12,14-15,18,21-58H2,1-2H3,(H,67,70)/b7-5-,13-11-,17-16-,20-19-. The molecule has 1 heterocycles. The number of amides is 1. The zero-order chi connectivity index (χ0) is 54.3. The van der Waals surface area contributed by atoms with Crippen molar-refractivity contribution < 1.29 is 39.8 Å². The van der Waals surface area contributed by atoms with Gasteiger partial charge in [0.25, 0.3) is 0 Å². The van der Waals surface area contributed by atoms with Crippen LogP contribution in [0.3, 0.4) is 0 Å². The Balaban J connectivity index is 1.98. The molecule has 440 valence electrons. The molecule has 9 nitrogen and oxygen atoms in total. The molecule has 6 N–H and O–H groups in total. The van der Waals surface area contributed by atoms with Crippen LogP contribution in [0.5, 0.6) is 0 Å². The van der Waals surface area contributed by atoms with Gasteiger partial charge in [-0.25, -0.2) is 0 Å². The van der Waals surface area contributed by atoms with Crippen LogP contribution < -0.4 is 5.32 Å². The summed E-state index contributed by atoms with van der Waals surface area (Å²) in [4.78, 5) is 13.1. The molecule has 1 fully saturated rings. The second-order valence-corrected chi connectivity index (χ2v) is 22.5. The third-order valence-electron chi connectivity index (χ3n) is 15.4. The second kappa shape index (κ2) is 55.5. The Morgan fingerprint density at radius 2 is 0.827 bits per heavy atom. The fourth-order valence-corrected chi connectivity index (χ4v) is 10.4. The molecule has 1 saturated heterocycles. The minimum atomic E-state index is -1.55. The van der Waals surface area contributed by atoms with Crippen LogP contribution in [0.1, 0.15) is 309 Å². The fraction of sp³-hybridized carbons (Fsp3) is 0.864. The van der Waals surface area contributed by atoms with Crippen molar-refractivity contribution in [2.45, 2.75) is 352 Å². The van der Waals surface area contributed by atoms with Crippen molar-refractivity contribution in [3.8, 4) is 0 Å². The van der Waals surface area contributed by atoms with Crippen molar-refractivity contribution in [1.29, 1.82) is 0 Å². The van der Waals surface area contributed by atoms with E-state index >= 15 is 0 Å². The average Bonchev–Trinajstić information content (AvgIpc) is 3.41. The average molecular weight is 1060 g/mol. The number of carbonyl (C=O) groups is 1. The lowest BCUT2D eigenvalue weighted by molar-refractivity contribution is -0.302. The van der Waals surface area contributed by atoms with Gasteiger partial charge < -0.3 is 40.3 Å². The van der Waals surface area contributed by atoms with Gasteiger partial charge in [0.05, 0.1) is 25.4 Å². The molecule has 7 unspecified atom stereocenters. The molecule has 0 aromatic carbocycles. The maximum Gasteiger partial charge on any atom is 0.220 e. The number of aliphatic hydroxyl groups excluding tert-OH is 5. The summed E-state index contributed by atoms with van der Waals surface area (Å²) in [5.41, 5.74) is 0. The van der Waals surface area contributed by atoms with Crippen LogP contribution in [0.15, 0.2) is 48.6 Å². The molecule has 0 radical (unpaired) electrons. The number of ether oxygens (including phenoxy) is 2. The Morgan fingerprint density at radius 1 is 0.467 bits per heavy atom. The van der Waals surface area contributed by atoms with E-state index in [9.17, 15) is 30.3 Å². The Labute approximate surface area is 463 Å². The van der Waals surface area contributed by atoms with E-state index in [4.69, 9.17) is 9.47 Å². The molecular weight excluding hydrogens is 935 g/mol. The SMILES string of the molecule is CC/C=C\C/C=C\C/C=C\C/C=C\CCCCCCCCCCCCCCCCCCCCCCCCCCCCCCC(=O)NC(COC1OC(CO)C(O)C(O)C1O)C(O)CCCCCCCCCCCCC. The van der Waals surface area contributed by atoms with Crippen LogP contribution in [0, 0.1) is 0 Å². The van der Waals surface area contributed by atoms with Crippen molar-refractivity contribution in [1.82, 2.24) is 5.32 Å². The number of unbranched alkanes of at least 4 members (excludes halogenated alkanes) is 38. The number of hydrogen-bond donors (Lipinski definition) is 6. The van der Waals surface area contributed by atoms with Crippen LogP contribution in [0.2, 0.25) is 0 Å². The van der Waals surface area contributed by atoms with Crippen LogP contribution in [0.25, 0.3) is 0 Å². The first-order valence-corrected chi connectivity index (χ1v) is 32.3. The lowest BCUT2D eigenvalue weighted by atomic mass is 9.99. The maximum atomic E-state index is 13.1. The lowest BCUT2D eigenvalue weighted by Gasteiger charge is -2.40. The highest BCUT2D eigenvalue weighted by atomic mass is 16.7. The predicted molar refractivity (Wildman–Crippen MR) is 318 cm³/mol. The lowest BCUT2D eigenvalue weighted by Crippen LogP contribution is -2.60. The predicted octanol–water partition coefficient (Wildman–Crippen LogP) is 16.9. The highest BCUT2D eigenvalue weighted by Gasteiger charge is 2.44. The highest BCUT2D eigenvalue weighted by molar-refractivity contribution is 5.76. The first-order valence-electron chi connectivity index (χ1n) is 32.3. The molecule has 1 amide bonds. The summed E-state index contributed by atoms with van der Waals surface area (Å²) in [6.07, 6.45) is 67.7. The molecular formula is C66H123NO8. The molecule has 0 saturated carbocycles. The third kappa shape index (κ3) is 44.7. The number of allylic oxidation sites excluding steroid dienone is 8. The fourth-order valence-electron chi connectivity index (χ4n) is 10.4. The quantitative estimate of drug-likeness (QED) is 0.0261. The molecule has 0 aromatic heterocycles. The van der Waals surface area contributed by atoms with Crippen LogP contribution >= 0.6 is 0 Å². The zero-order valence-corrected chi connectivity index (χ0v) is 49.1. The Morgan fingerprint density at radius 3 is 1.23 bits per heavy atom. The number of nitrogens with one attached hydrogen (secondary N) is 1. The Hall–Kier alpha value is -1.85.